The molecule has 8 N–H and O–H groups in total. The maximum atomic E-state index is 5.70. The van der Waals surface area contributed by atoms with Gasteiger partial charge < -0.3 is 27.7 Å². The minimum atomic E-state index is 0.281. The lowest BCUT2D eigenvalue weighted by atomic mass is 10.2. The van der Waals surface area contributed by atoms with E-state index in [0.29, 0.717) is 28.1 Å². The molecule has 0 fully saturated rings. The Morgan fingerprint density at radius 3 is 1.92 bits per heavy atom. The smallest absolute Gasteiger partial charge is 0.167 e. The van der Waals surface area contributed by atoms with Crippen molar-refractivity contribution in [2.75, 3.05) is 30.0 Å². The van der Waals surface area contributed by atoms with E-state index in [1.807, 2.05) is 0 Å². The van der Waals surface area contributed by atoms with Gasteiger partial charge in [-0.15, -0.1) is 9.24 Å². The van der Waals surface area contributed by atoms with Crippen molar-refractivity contribution in [3.8, 4) is 5.75 Å². The molecule has 6 heteroatoms. The van der Waals surface area contributed by atoms with Crippen molar-refractivity contribution in [1.82, 2.24) is 0 Å². The summed E-state index contributed by atoms with van der Waals surface area (Å²) in [6.45, 7) is 0. The maximum absolute atomic E-state index is 5.70. The molecule has 0 aliphatic rings. The van der Waals surface area contributed by atoms with Crippen LogP contribution in [0.1, 0.15) is 0 Å². The quantitative estimate of drug-likeness (QED) is 0.361. The van der Waals surface area contributed by atoms with E-state index in [-0.39, 0.29) is 5.69 Å². The first-order valence-electron chi connectivity index (χ1n) is 3.56. The van der Waals surface area contributed by atoms with Crippen molar-refractivity contribution in [3.63, 3.8) is 0 Å². The highest BCUT2D eigenvalue weighted by atomic mass is 31.0. The Bertz CT molecular complexity index is 324. The van der Waals surface area contributed by atoms with Crippen LogP contribution in [-0.4, -0.2) is 7.11 Å². The molecule has 0 aromatic heterocycles. The molecule has 1 atom stereocenters. The number of anilines is 4. The molecule has 1 rings (SSSR count). The second kappa shape index (κ2) is 3.18. The predicted octanol–water partition coefficient (Wildman–Crippen LogP) is -0.476. The second-order valence-corrected chi connectivity index (χ2v) is 3.18. The van der Waals surface area contributed by atoms with Crippen LogP contribution in [0.15, 0.2) is 0 Å². The van der Waals surface area contributed by atoms with Gasteiger partial charge >= 0.3 is 0 Å². The fourth-order valence-electron chi connectivity index (χ4n) is 1.04. The van der Waals surface area contributed by atoms with E-state index in [4.69, 9.17) is 27.7 Å². The molecule has 0 aliphatic carbocycles. The fraction of sp³-hybridized carbons (Fsp3) is 0.143. The molecule has 1 aromatic carbocycles. The van der Waals surface area contributed by atoms with Gasteiger partial charge in [0.1, 0.15) is 5.69 Å². The SMILES string of the molecule is COc1c(N)c(N)c(N)c(P)c1N. The first-order valence-corrected chi connectivity index (χ1v) is 4.13. The second-order valence-electron chi connectivity index (χ2n) is 2.60. The van der Waals surface area contributed by atoms with Gasteiger partial charge in [-0.3, -0.25) is 0 Å². The molecule has 0 saturated heterocycles. The lowest BCUT2D eigenvalue weighted by Gasteiger charge is -2.15. The molecule has 1 unspecified atom stereocenters. The van der Waals surface area contributed by atoms with Crippen LogP contribution in [0.25, 0.3) is 0 Å². The van der Waals surface area contributed by atoms with Crippen LogP contribution >= 0.6 is 9.24 Å². The first-order chi connectivity index (χ1) is 6.00. The minimum Gasteiger partial charge on any atom is -0.492 e. The van der Waals surface area contributed by atoms with Crippen molar-refractivity contribution in [2.24, 2.45) is 0 Å². The third kappa shape index (κ3) is 1.31. The molecule has 1 aromatic rings. The third-order valence-corrected chi connectivity index (χ3v) is 2.48. The van der Waals surface area contributed by atoms with E-state index in [9.17, 15) is 0 Å². The summed E-state index contributed by atoms with van der Waals surface area (Å²) in [5, 5.41) is 0.614. The van der Waals surface area contributed by atoms with Crippen molar-refractivity contribution in [2.45, 2.75) is 0 Å². The van der Waals surface area contributed by atoms with Gasteiger partial charge in [-0.1, -0.05) is 0 Å². The Morgan fingerprint density at radius 2 is 1.46 bits per heavy atom. The molecule has 0 radical (unpaired) electrons. The topological polar surface area (TPSA) is 113 Å². The Kier molecular flexibility index (Phi) is 2.38. The highest BCUT2D eigenvalue weighted by molar-refractivity contribution is 7.28. The number of nitrogens with two attached hydrogens (primary N) is 4. The molecule has 0 aliphatic heterocycles. The number of hydrogen-bond acceptors (Lipinski definition) is 5. The number of rotatable bonds is 1. The molecule has 0 heterocycles. The number of hydrogen-bond donors (Lipinski definition) is 4. The molecule has 0 saturated carbocycles. The van der Waals surface area contributed by atoms with Crippen LogP contribution in [0.3, 0.4) is 0 Å². The summed E-state index contributed by atoms with van der Waals surface area (Å²) >= 11 is 0. The fourth-order valence-corrected chi connectivity index (χ4v) is 1.33. The Labute approximate surface area is 78.6 Å². The van der Waals surface area contributed by atoms with E-state index in [1.54, 1.807) is 0 Å². The highest BCUT2D eigenvalue weighted by Gasteiger charge is 2.15. The standard InChI is InChI=1S/C7H13N4OP/c1-12-6-3(9)2(8)4(10)7(13)5(6)11/h8-11,13H2,1H3. The third-order valence-electron chi connectivity index (χ3n) is 1.85. The molecular formula is C7H13N4OP. The summed E-state index contributed by atoms with van der Waals surface area (Å²) in [6, 6.07) is 0. The number of benzene rings is 1. The zero-order valence-corrected chi connectivity index (χ0v) is 8.45. The molecule has 13 heavy (non-hydrogen) atoms. The average molecular weight is 200 g/mol. The summed E-state index contributed by atoms with van der Waals surface area (Å²) in [7, 11) is 3.87. The Morgan fingerprint density at radius 1 is 0.923 bits per heavy atom. The molecule has 5 nitrogen and oxygen atoms in total. The summed E-state index contributed by atoms with van der Waals surface area (Å²) in [6.07, 6.45) is 0. The molecule has 0 bridgehead atoms. The van der Waals surface area contributed by atoms with Gasteiger partial charge in [0.05, 0.1) is 24.2 Å². The van der Waals surface area contributed by atoms with Crippen LogP contribution in [0.2, 0.25) is 0 Å². The predicted molar refractivity (Wildman–Crippen MR) is 60.0 cm³/mol. The van der Waals surface area contributed by atoms with E-state index < -0.39 is 0 Å². The largest absolute Gasteiger partial charge is 0.492 e. The van der Waals surface area contributed by atoms with Crippen molar-refractivity contribution >= 4 is 37.3 Å². The van der Waals surface area contributed by atoms with Gasteiger partial charge in [-0.05, 0) is 0 Å². The van der Waals surface area contributed by atoms with Crippen molar-refractivity contribution < 1.29 is 4.74 Å². The summed E-state index contributed by atoms with van der Waals surface area (Å²) < 4.78 is 4.99. The Balaban J connectivity index is 3.56. The van der Waals surface area contributed by atoms with Gasteiger partial charge in [0, 0.05) is 5.30 Å². The van der Waals surface area contributed by atoms with E-state index in [2.05, 4.69) is 9.24 Å². The van der Waals surface area contributed by atoms with E-state index in [1.165, 1.54) is 7.11 Å². The number of ether oxygens (including phenoxy) is 1. The van der Waals surface area contributed by atoms with Crippen molar-refractivity contribution in [1.29, 1.82) is 0 Å². The Hall–Kier alpha value is -1.35. The van der Waals surface area contributed by atoms with Gasteiger partial charge in [-0.2, -0.15) is 0 Å². The zero-order chi connectivity index (χ0) is 10.2. The van der Waals surface area contributed by atoms with Crippen molar-refractivity contribution in [3.05, 3.63) is 0 Å². The minimum absolute atomic E-state index is 0.281. The number of methoxy groups -OCH3 is 1. The number of nitrogen functional groups attached to an aromatic ring is 4. The highest BCUT2D eigenvalue weighted by Crippen LogP contribution is 2.37. The molecule has 0 amide bonds. The molecular weight excluding hydrogens is 187 g/mol. The van der Waals surface area contributed by atoms with E-state index >= 15 is 0 Å². The normalized spacial score (nSPS) is 10.0. The van der Waals surface area contributed by atoms with Gasteiger partial charge in [-0.25, -0.2) is 0 Å². The average Bonchev–Trinajstić information content (AvgIpc) is 2.13. The lowest BCUT2D eigenvalue weighted by molar-refractivity contribution is 0.419. The maximum Gasteiger partial charge on any atom is 0.167 e. The lowest BCUT2D eigenvalue weighted by Crippen LogP contribution is -2.14. The van der Waals surface area contributed by atoms with Crippen LogP contribution < -0.4 is 33.0 Å². The molecule has 72 valence electrons. The van der Waals surface area contributed by atoms with Gasteiger partial charge in [0.2, 0.25) is 0 Å². The van der Waals surface area contributed by atoms with E-state index in [0.717, 1.165) is 0 Å². The van der Waals surface area contributed by atoms with Crippen LogP contribution in [-0.2, 0) is 0 Å². The van der Waals surface area contributed by atoms with Crippen LogP contribution in [0, 0.1) is 0 Å². The van der Waals surface area contributed by atoms with Crippen LogP contribution in [0.5, 0.6) is 5.75 Å². The zero-order valence-electron chi connectivity index (χ0n) is 7.29. The van der Waals surface area contributed by atoms with Gasteiger partial charge in [0.25, 0.3) is 0 Å². The van der Waals surface area contributed by atoms with Crippen LogP contribution in [0.4, 0.5) is 22.7 Å². The van der Waals surface area contributed by atoms with Gasteiger partial charge in [0.15, 0.2) is 5.75 Å². The first kappa shape index (κ1) is 9.74. The molecule has 0 spiro atoms. The monoisotopic (exact) mass is 200 g/mol. The summed E-state index contributed by atoms with van der Waals surface area (Å²) in [5.74, 6) is 0.372. The summed E-state index contributed by atoms with van der Waals surface area (Å²) in [4.78, 5) is 0. The summed E-state index contributed by atoms with van der Waals surface area (Å²) in [5.41, 5.74) is 24.0.